The van der Waals surface area contributed by atoms with Crippen molar-refractivity contribution in [2.45, 2.75) is 108 Å². The van der Waals surface area contributed by atoms with Crippen LogP contribution in [0, 0.1) is 5.92 Å². The van der Waals surface area contributed by atoms with E-state index in [2.05, 4.69) is 50.3 Å². The average Bonchev–Trinajstić information content (AvgIpc) is 3.67. The zero-order valence-electron chi connectivity index (χ0n) is 23.3. The van der Waals surface area contributed by atoms with Crippen LogP contribution < -0.4 is 0 Å². The normalized spacial score (nSPS) is 20.7. The Bertz CT molecular complexity index is 1080. The first kappa shape index (κ1) is 27.3. The molecule has 0 aromatic heterocycles. The van der Waals surface area contributed by atoms with Crippen LogP contribution in [0.5, 0.6) is 11.5 Å². The predicted octanol–water partition coefficient (Wildman–Crippen LogP) is 6.93. The second-order valence-corrected chi connectivity index (χ2v) is 12.8. The Morgan fingerprint density at radius 1 is 0.684 bits per heavy atom. The standard InChI is InChI=1S/C34H46O4/c1-33(13-5-6-14-33)28-21-23(11-17-35)19-26(31(28)37)30(25-9-3-4-10-25)27-20-24(12-18-36)22-29(32(27)38)34(2)15-7-8-16-34/h3-4,19-22,25,30,35-38H,5-18H2,1-2H3. The summed E-state index contributed by atoms with van der Waals surface area (Å²) >= 11 is 0. The van der Waals surface area contributed by atoms with Crippen LogP contribution in [0.1, 0.15) is 117 Å². The number of hydrogen-bond acceptors (Lipinski definition) is 4. The summed E-state index contributed by atoms with van der Waals surface area (Å²) in [7, 11) is 0. The van der Waals surface area contributed by atoms with E-state index in [1.54, 1.807) is 0 Å². The molecule has 4 N–H and O–H groups in total. The van der Waals surface area contributed by atoms with Crippen molar-refractivity contribution < 1.29 is 20.4 Å². The lowest BCUT2D eigenvalue weighted by Crippen LogP contribution is -2.22. The Labute approximate surface area is 228 Å². The van der Waals surface area contributed by atoms with Gasteiger partial charge in [0.05, 0.1) is 0 Å². The summed E-state index contributed by atoms with van der Waals surface area (Å²) < 4.78 is 0. The second-order valence-electron chi connectivity index (χ2n) is 12.8. The molecule has 0 spiro atoms. The molecule has 0 unspecified atom stereocenters. The van der Waals surface area contributed by atoms with Crippen LogP contribution in [-0.2, 0) is 23.7 Å². The first-order chi connectivity index (χ1) is 18.3. The molecule has 3 aliphatic rings. The molecule has 0 atom stereocenters. The van der Waals surface area contributed by atoms with E-state index in [0.29, 0.717) is 24.3 Å². The van der Waals surface area contributed by atoms with Crippen molar-refractivity contribution in [3.05, 3.63) is 69.8 Å². The molecule has 38 heavy (non-hydrogen) atoms. The lowest BCUT2D eigenvalue weighted by atomic mass is 9.71. The second kappa shape index (κ2) is 11.1. The van der Waals surface area contributed by atoms with Gasteiger partial charge in [0.2, 0.25) is 0 Å². The summed E-state index contributed by atoms with van der Waals surface area (Å²) in [5.74, 6) is 0.797. The van der Waals surface area contributed by atoms with Gasteiger partial charge in [0, 0.05) is 41.4 Å². The summed E-state index contributed by atoms with van der Waals surface area (Å²) in [6, 6.07) is 8.42. The highest BCUT2D eigenvalue weighted by Gasteiger charge is 2.39. The molecule has 0 aliphatic heterocycles. The molecule has 2 aromatic rings. The van der Waals surface area contributed by atoms with Gasteiger partial charge in [0.1, 0.15) is 11.5 Å². The Morgan fingerprint density at radius 2 is 1.08 bits per heavy atom. The quantitative estimate of drug-likeness (QED) is 0.271. The minimum absolute atomic E-state index is 0.0652. The van der Waals surface area contributed by atoms with Crippen molar-refractivity contribution in [2.24, 2.45) is 5.92 Å². The van der Waals surface area contributed by atoms with Gasteiger partial charge < -0.3 is 20.4 Å². The molecule has 0 heterocycles. The maximum Gasteiger partial charge on any atom is 0.123 e. The van der Waals surface area contributed by atoms with Crippen LogP contribution in [0.15, 0.2) is 36.4 Å². The van der Waals surface area contributed by atoms with Gasteiger partial charge in [0.25, 0.3) is 0 Å². The van der Waals surface area contributed by atoms with Crippen LogP contribution in [-0.4, -0.2) is 33.6 Å². The molecule has 206 valence electrons. The molecule has 0 amide bonds. The lowest BCUT2D eigenvalue weighted by molar-refractivity contribution is 0.299. The summed E-state index contributed by atoms with van der Waals surface area (Å²) in [4.78, 5) is 0. The van der Waals surface area contributed by atoms with E-state index in [1.165, 1.54) is 0 Å². The number of phenols is 2. The van der Waals surface area contributed by atoms with Crippen LogP contribution in [0.4, 0.5) is 0 Å². The number of aliphatic hydroxyl groups is 2. The number of phenolic OH excluding ortho intramolecular Hbond substituents is 2. The Kier molecular flexibility index (Phi) is 7.94. The molecule has 4 nitrogen and oxygen atoms in total. The van der Waals surface area contributed by atoms with Gasteiger partial charge in [-0.05, 0) is 79.2 Å². The van der Waals surface area contributed by atoms with Gasteiger partial charge in [0.15, 0.2) is 0 Å². The van der Waals surface area contributed by atoms with Gasteiger partial charge in [-0.15, -0.1) is 0 Å². The van der Waals surface area contributed by atoms with E-state index in [0.717, 1.165) is 97.6 Å². The molecule has 4 heteroatoms. The van der Waals surface area contributed by atoms with Crippen molar-refractivity contribution in [1.29, 1.82) is 0 Å². The van der Waals surface area contributed by atoms with Gasteiger partial charge in [-0.2, -0.15) is 0 Å². The minimum Gasteiger partial charge on any atom is -0.507 e. The molecular weight excluding hydrogens is 472 g/mol. The maximum atomic E-state index is 12.0. The molecule has 0 bridgehead atoms. The summed E-state index contributed by atoms with van der Waals surface area (Å²) in [5.41, 5.74) is 5.71. The molecule has 5 rings (SSSR count). The van der Waals surface area contributed by atoms with E-state index >= 15 is 0 Å². The third kappa shape index (κ3) is 5.02. The smallest absolute Gasteiger partial charge is 0.123 e. The van der Waals surface area contributed by atoms with E-state index < -0.39 is 0 Å². The Hall–Kier alpha value is -2.30. The van der Waals surface area contributed by atoms with Crippen LogP contribution in [0.25, 0.3) is 0 Å². The molecule has 0 saturated heterocycles. The monoisotopic (exact) mass is 518 g/mol. The number of aliphatic hydroxyl groups excluding tert-OH is 2. The van der Waals surface area contributed by atoms with Crippen LogP contribution >= 0.6 is 0 Å². The van der Waals surface area contributed by atoms with Crippen molar-refractivity contribution in [1.82, 2.24) is 0 Å². The number of allylic oxidation sites excluding steroid dienone is 2. The third-order valence-corrected chi connectivity index (χ3v) is 10.1. The highest BCUT2D eigenvalue weighted by Crippen LogP contribution is 2.53. The summed E-state index contributed by atoms with van der Waals surface area (Å²) in [5, 5.41) is 43.7. The number of benzene rings is 2. The number of rotatable bonds is 9. The first-order valence-electron chi connectivity index (χ1n) is 14.9. The van der Waals surface area contributed by atoms with Gasteiger partial charge in [-0.25, -0.2) is 0 Å². The summed E-state index contributed by atoms with van der Waals surface area (Å²) in [6.45, 7) is 4.67. The van der Waals surface area contributed by atoms with E-state index in [4.69, 9.17) is 0 Å². The average molecular weight is 519 g/mol. The SMILES string of the molecule is CC1(c2cc(CCO)cc(C(c3cc(CCO)cc(C4(C)CCCC4)c3O)C3CC=CC3)c2O)CCCC1. The molecule has 0 radical (unpaired) electrons. The van der Waals surface area contributed by atoms with Crippen molar-refractivity contribution in [3.63, 3.8) is 0 Å². The third-order valence-electron chi connectivity index (χ3n) is 10.1. The molecule has 2 fully saturated rings. The fourth-order valence-electron chi connectivity index (χ4n) is 7.81. The minimum atomic E-state index is -0.171. The van der Waals surface area contributed by atoms with Gasteiger partial charge >= 0.3 is 0 Å². The lowest BCUT2D eigenvalue weighted by Gasteiger charge is -2.33. The largest absolute Gasteiger partial charge is 0.507 e. The van der Waals surface area contributed by atoms with Crippen LogP contribution in [0.2, 0.25) is 0 Å². The Morgan fingerprint density at radius 3 is 1.45 bits per heavy atom. The maximum absolute atomic E-state index is 12.0. The van der Waals surface area contributed by atoms with Crippen molar-refractivity contribution in [3.8, 4) is 11.5 Å². The fourth-order valence-corrected chi connectivity index (χ4v) is 7.81. The summed E-state index contributed by atoms with van der Waals surface area (Å²) in [6.07, 6.45) is 16.2. The number of aromatic hydroxyl groups is 2. The van der Waals surface area contributed by atoms with Gasteiger partial charge in [-0.3, -0.25) is 0 Å². The number of hydrogen-bond donors (Lipinski definition) is 4. The molecule has 2 saturated carbocycles. The zero-order valence-corrected chi connectivity index (χ0v) is 23.3. The highest BCUT2D eigenvalue weighted by molar-refractivity contribution is 5.57. The molecule has 2 aromatic carbocycles. The molecule has 3 aliphatic carbocycles. The fraction of sp³-hybridized carbons (Fsp3) is 0.588. The molecular formula is C34H46O4. The van der Waals surface area contributed by atoms with Crippen molar-refractivity contribution in [2.75, 3.05) is 13.2 Å². The van der Waals surface area contributed by atoms with E-state index in [9.17, 15) is 20.4 Å². The first-order valence-corrected chi connectivity index (χ1v) is 14.9. The highest BCUT2D eigenvalue weighted by atomic mass is 16.3. The van der Waals surface area contributed by atoms with E-state index in [1.807, 2.05) is 0 Å². The van der Waals surface area contributed by atoms with Gasteiger partial charge in [-0.1, -0.05) is 75.9 Å². The van der Waals surface area contributed by atoms with Crippen molar-refractivity contribution >= 4 is 0 Å². The topological polar surface area (TPSA) is 80.9 Å². The van der Waals surface area contributed by atoms with E-state index in [-0.39, 0.29) is 35.9 Å². The predicted molar refractivity (Wildman–Crippen MR) is 153 cm³/mol. The Balaban J connectivity index is 1.73. The zero-order chi connectivity index (χ0) is 26.9. The van der Waals surface area contributed by atoms with Crippen LogP contribution in [0.3, 0.4) is 0 Å².